The molecule has 1 amide bonds. The highest BCUT2D eigenvalue weighted by molar-refractivity contribution is 6.31. The maximum Gasteiger partial charge on any atom is 0.258 e. The number of ether oxygens (including phenoxy) is 1. The Balaban J connectivity index is 1.87. The first-order chi connectivity index (χ1) is 11.1. The van der Waals surface area contributed by atoms with Crippen molar-refractivity contribution in [3.8, 4) is 0 Å². The number of fused-ring (bicyclic) bond motifs is 1. The molecule has 0 saturated carbocycles. The fraction of sp³-hybridized carbons (Fsp3) is 0.438. The van der Waals surface area contributed by atoms with Gasteiger partial charge in [-0.25, -0.2) is 4.98 Å². The summed E-state index contributed by atoms with van der Waals surface area (Å²) in [6.45, 7) is 3.28. The van der Waals surface area contributed by atoms with Crippen LogP contribution in [0.5, 0.6) is 0 Å². The molecule has 2 aromatic rings. The molecule has 122 valence electrons. The van der Waals surface area contributed by atoms with Crippen molar-refractivity contribution in [1.82, 2.24) is 14.9 Å². The van der Waals surface area contributed by atoms with E-state index in [4.69, 9.17) is 16.3 Å². The van der Waals surface area contributed by atoms with Gasteiger partial charge < -0.3 is 14.6 Å². The molecule has 1 fully saturated rings. The molecule has 0 spiro atoms. The minimum atomic E-state index is -0.378. The lowest BCUT2D eigenvalue weighted by Crippen LogP contribution is -2.39. The number of aromatic amines is 1. The van der Waals surface area contributed by atoms with Crippen LogP contribution < -0.4 is 5.56 Å². The molecular formula is C16H18ClN3O3. The van der Waals surface area contributed by atoms with Gasteiger partial charge in [-0.1, -0.05) is 11.6 Å². The summed E-state index contributed by atoms with van der Waals surface area (Å²) in [5, 5.41) is 0.996. The fourth-order valence-corrected chi connectivity index (χ4v) is 2.90. The van der Waals surface area contributed by atoms with Crippen LogP contribution in [0.25, 0.3) is 10.9 Å². The van der Waals surface area contributed by atoms with Crippen molar-refractivity contribution in [3.63, 3.8) is 0 Å². The first-order valence-corrected chi connectivity index (χ1v) is 8.05. The van der Waals surface area contributed by atoms with Crippen molar-refractivity contribution in [2.45, 2.75) is 32.4 Å². The topological polar surface area (TPSA) is 75.3 Å². The summed E-state index contributed by atoms with van der Waals surface area (Å²) >= 11 is 5.96. The van der Waals surface area contributed by atoms with Gasteiger partial charge in [0.2, 0.25) is 0 Å². The van der Waals surface area contributed by atoms with Crippen LogP contribution in [0.3, 0.4) is 0 Å². The number of benzene rings is 1. The van der Waals surface area contributed by atoms with E-state index in [1.165, 1.54) is 0 Å². The Hall–Kier alpha value is -1.92. The van der Waals surface area contributed by atoms with Crippen molar-refractivity contribution in [2.75, 3.05) is 13.2 Å². The van der Waals surface area contributed by atoms with Gasteiger partial charge in [0.1, 0.15) is 11.9 Å². The van der Waals surface area contributed by atoms with Crippen LogP contribution in [-0.4, -0.2) is 40.0 Å². The molecule has 1 aliphatic rings. The molecule has 1 atom stereocenters. The zero-order chi connectivity index (χ0) is 16.4. The van der Waals surface area contributed by atoms with Gasteiger partial charge in [-0.2, -0.15) is 0 Å². The third-order valence-electron chi connectivity index (χ3n) is 3.96. The lowest BCUT2D eigenvalue weighted by molar-refractivity contribution is -0.141. The third-order valence-corrected chi connectivity index (χ3v) is 4.19. The number of nitrogens with one attached hydrogen (secondary N) is 1. The van der Waals surface area contributed by atoms with Crippen LogP contribution in [-0.2, 0) is 16.1 Å². The number of halogens is 1. The van der Waals surface area contributed by atoms with Gasteiger partial charge in [0.15, 0.2) is 0 Å². The third kappa shape index (κ3) is 3.38. The normalized spacial score (nSPS) is 17.6. The van der Waals surface area contributed by atoms with E-state index in [1.54, 1.807) is 23.1 Å². The van der Waals surface area contributed by atoms with E-state index in [2.05, 4.69) is 9.97 Å². The summed E-state index contributed by atoms with van der Waals surface area (Å²) in [6, 6.07) is 4.94. The van der Waals surface area contributed by atoms with Crippen molar-refractivity contribution in [1.29, 1.82) is 0 Å². The highest BCUT2D eigenvalue weighted by Crippen LogP contribution is 2.17. The average Bonchev–Trinajstić information content (AvgIpc) is 3.06. The van der Waals surface area contributed by atoms with Crippen molar-refractivity contribution in [3.05, 3.63) is 39.4 Å². The molecule has 1 N–H and O–H groups in total. The number of nitrogens with zero attached hydrogens (tertiary/aromatic N) is 2. The average molecular weight is 336 g/mol. The molecule has 1 aromatic heterocycles. The highest BCUT2D eigenvalue weighted by Gasteiger charge is 2.28. The predicted molar refractivity (Wildman–Crippen MR) is 87.4 cm³/mol. The summed E-state index contributed by atoms with van der Waals surface area (Å²) in [5.41, 5.74) is 0.291. The summed E-state index contributed by atoms with van der Waals surface area (Å²) < 4.78 is 5.44. The molecule has 23 heavy (non-hydrogen) atoms. The van der Waals surface area contributed by atoms with Crippen molar-refractivity contribution in [2.24, 2.45) is 0 Å². The number of carbonyl (C=O) groups excluding carboxylic acids is 1. The molecule has 3 rings (SSSR count). The van der Waals surface area contributed by atoms with Crippen LogP contribution in [0.2, 0.25) is 5.02 Å². The van der Waals surface area contributed by atoms with E-state index in [-0.39, 0.29) is 24.1 Å². The lowest BCUT2D eigenvalue weighted by Gasteiger charge is -2.23. The van der Waals surface area contributed by atoms with E-state index in [1.807, 2.05) is 6.92 Å². The summed E-state index contributed by atoms with van der Waals surface area (Å²) in [4.78, 5) is 33.4. The largest absolute Gasteiger partial charge is 0.368 e. The minimum absolute atomic E-state index is 0.0566. The van der Waals surface area contributed by atoms with Gasteiger partial charge in [0.05, 0.1) is 17.4 Å². The summed E-state index contributed by atoms with van der Waals surface area (Å²) in [6.07, 6.45) is 1.26. The molecule has 1 aromatic carbocycles. The van der Waals surface area contributed by atoms with Gasteiger partial charge in [0, 0.05) is 18.2 Å². The number of aromatic nitrogens is 2. The molecule has 2 heterocycles. The molecule has 1 aliphatic heterocycles. The quantitative estimate of drug-likeness (QED) is 0.928. The Bertz CT molecular complexity index is 784. The number of carbonyl (C=O) groups is 1. The number of rotatable bonds is 4. The maximum atomic E-state index is 12.4. The highest BCUT2D eigenvalue weighted by atomic mass is 35.5. The van der Waals surface area contributed by atoms with Gasteiger partial charge >= 0.3 is 0 Å². The Kier molecular flexibility index (Phi) is 4.63. The molecule has 1 saturated heterocycles. The molecule has 1 unspecified atom stereocenters. The van der Waals surface area contributed by atoms with Crippen LogP contribution in [0.1, 0.15) is 25.6 Å². The molecule has 7 heteroatoms. The second-order valence-electron chi connectivity index (χ2n) is 5.53. The molecule has 0 bridgehead atoms. The fourth-order valence-electron chi connectivity index (χ4n) is 2.74. The van der Waals surface area contributed by atoms with E-state index < -0.39 is 0 Å². The van der Waals surface area contributed by atoms with Gasteiger partial charge in [-0.3, -0.25) is 9.59 Å². The standard InChI is InChI=1S/C16H18ClN3O3/c1-2-20(16(22)13-4-3-7-23-13)9-14-18-12-8-10(17)5-6-11(12)15(21)19-14/h5-6,8,13H,2-4,7,9H2,1H3,(H,18,19,21). The SMILES string of the molecule is CCN(Cc1nc2cc(Cl)ccc2c(=O)[nH]1)C(=O)C1CCCO1. The molecule has 0 aliphatic carbocycles. The first kappa shape index (κ1) is 16.0. The van der Waals surface area contributed by atoms with Crippen LogP contribution in [0.15, 0.2) is 23.0 Å². The Labute approximate surface area is 138 Å². The van der Waals surface area contributed by atoms with E-state index in [9.17, 15) is 9.59 Å². The van der Waals surface area contributed by atoms with Crippen molar-refractivity contribution < 1.29 is 9.53 Å². The second kappa shape index (κ2) is 6.68. The van der Waals surface area contributed by atoms with Gasteiger partial charge in [-0.05, 0) is 38.0 Å². The summed E-state index contributed by atoms with van der Waals surface area (Å²) in [7, 11) is 0. The predicted octanol–water partition coefficient (Wildman–Crippen LogP) is 2.10. The summed E-state index contributed by atoms with van der Waals surface area (Å²) in [5.74, 6) is 0.386. The first-order valence-electron chi connectivity index (χ1n) is 7.67. The smallest absolute Gasteiger partial charge is 0.258 e. The molecule has 6 nitrogen and oxygen atoms in total. The lowest BCUT2D eigenvalue weighted by atomic mass is 10.2. The number of hydrogen-bond donors (Lipinski definition) is 1. The number of amides is 1. The van der Waals surface area contributed by atoms with E-state index >= 15 is 0 Å². The number of likely N-dealkylation sites (N-methyl/N-ethyl adjacent to an activating group) is 1. The van der Waals surface area contributed by atoms with Gasteiger partial charge in [-0.15, -0.1) is 0 Å². The van der Waals surface area contributed by atoms with Crippen molar-refractivity contribution >= 4 is 28.4 Å². The Morgan fingerprint density at radius 3 is 3.04 bits per heavy atom. The Morgan fingerprint density at radius 2 is 2.35 bits per heavy atom. The monoisotopic (exact) mass is 335 g/mol. The second-order valence-corrected chi connectivity index (χ2v) is 5.96. The van der Waals surface area contributed by atoms with Crippen LogP contribution in [0.4, 0.5) is 0 Å². The number of hydrogen-bond acceptors (Lipinski definition) is 4. The minimum Gasteiger partial charge on any atom is -0.368 e. The number of H-pyrrole nitrogens is 1. The zero-order valence-corrected chi connectivity index (χ0v) is 13.6. The van der Waals surface area contributed by atoms with Crippen LogP contribution in [0, 0.1) is 0 Å². The zero-order valence-electron chi connectivity index (χ0n) is 12.8. The van der Waals surface area contributed by atoms with E-state index in [0.717, 1.165) is 12.8 Å². The maximum absolute atomic E-state index is 12.4. The Morgan fingerprint density at radius 1 is 1.52 bits per heavy atom. The van der Waals surface area contributed by atoms with Gasteiger partial charge in [0.25, 0.3) is 11.5 Å². The van der Waals surface area contributed by atoms with E-state index in [0.29, 0.717) is 34.9 Å². The molecular weight excluding hydrogens is 318 g/mol. The molecule has 0 radical (unpaired) electrons. The van der Waals surface area contributed by atoms with Crippen LogP contribution >= 0.6 is 11.6 Å².